The van der Waals surface area contributed by atoms with Crippen molar-refractivity contribution < 1.29 is 19.1 Å². The number of nitrogens with one attached hydrogen (secondary N) is 1. The topological polar surface area (TPSA) is 96.9 Å². The first-order valence-corrected chi connectivity index (χ1v) is 11.0. The summed E-state index contributed by atoms with van der Waals surface area (Å²) >= 11 is 2.75. The van der Waals surface area contributed by atoms with E-state index in [1.165, 1.54) is 23.1 Å². The minimum absolute atomic E-state index is 0.0241. The summed E-state index contributed by atoms with van der Waals surface area (Å²) in [4.78, 5) is 27.6. The first-order chi connectivity index (χ1) is 14.1. The van der Waals surface area contributed by atoms with Crippen molar-refractivity contribution in [2.45, 2.75) is 11.3 Å². The maximum absolute atomic E-state index is 12.4. The van der Waals surface area contributed by atoms with Gasteiger partial charge in [0.15, 0.2) is 4.34 Å². The molecule has 156 valence electrons. The van der Waals surface area contributed by atoms with Gasteiger partial charge in [-0.3, -0.25) is 4.79 Å². The van der Waals surface area contributed by atoms with Crippen LogP contribution < -0.4 is 10.1 Å². The SMILES string of the molecule is CCOC(=O)N1CCN(C(=O)CSc2nnc(Nc3cccc(OC)c3)s2)CC1. The van der Waals surface area contributed by atoms with Crippen LogP contribution in [-0.4, -0.2) is 77.6 Å². The summed E-state index contributed by atoms with van der Waals surface area (Å²) in [6.45, 7) is 4.13. The molecular weight excluding hydrogens is 414 g/mol. The number of aromatic nitrogens is 2. The quantitative estimate of drug-likeness (QED) is 0.661. The molecule has 0 saturated carbocycles. The van der Waals surface area contributed by atoms with Crippen LogP contribution in [0, 0.1) is 0 Å². The maximum Gasteiger partial charge on any atom is 0.409 e. The zero-order chi connectivity index (χ0) is 20.6. The maximum atomic E-state index is 12.4. The van der Waals surface area contributed by atoms with Gasteiger partial charge in [0.25, 0.3) is 0 Å². The third-order valence-corrected chi connectivity index (χ3v) is 6.16. The second-order valence-corrected chi connectivity index (χ2v) is 8.29. The fourth-order valence-corrected chi connectivity index (χ4v) is 4.39. The summed E-state index contributed by atoms with van der Waals surface area (Å²) in [5.41, 5.74) is 0.854. The smallest absolute Gasteiger partial charge is 0.409 e. The minimum atomic E-state index is -0.320. The molecule has 2 aromatic rings. The van der Waals surface area contributed by atoms with Crippen molar-refractivity contribution in [3.63, 3.8) is 0 Å². The number of anilines is 2. The number of methoxy groups -OCH3 is 1. The van der Waals surface area contributed by atoms with E-state index in [2.05, 4.69) is 15.5 Å². The Kier molecular flexibility index (Phi) is 7.53. The molecule has 2 heterocycles. The van der Waals surface area contributed by atoms with E-state index in [0.717, 1.165) is 11.4 Å². The molecule has 1 N–H and O–H groups in total. The third kappa shape index (κ3) is 5.97. The standard InChI is InChI=1S/C18H23N5O4S2/c1-3-27-18(25)23-9-7-22(8-10-23)15(24)12-28-17-21-20-16(29-17)19-13-5-4-6-14(11-13)26-2/h4-6,11H,3,7-10,12H2,1-2H3,(H,19,20). The monoisotopic (exact) mass is 437 g/mol. The lowest BCUT2D eigenvalue weighted by atomic mass is 10.3. The highest BCUT2D eigenvalue weighted by molar-refractivity contribution is 8.01. The summed E-state index contributed by atoms with van der Waals surface area (Å²) in [6.07, 6.45) is -0.320. The zero-order valence-electron chi connectivity index (χ0n) is 16.3. The van der Waals surface area contributed by atoms with Gasteiger partial charge in [-0.2, -0.15) is 0 Å². The molecule has 1 fully saturated rings. The highest BCUT2D eigenvalue weighted by atomic mass is 32.2. The molecule has 2 amide bonds. The number of hydrogen-bond acceptors (Lipinski definition) is 9. The fraction of sp³-hybridized carbons (Fsp3) is 0.444. The Bertz CT molecular complexity index is 839. The van der Waals surface area contributed by atoms with Crippen molar-refractivity contribution in [2.75, 3.05) is 51.0 Å². The molecule has 3 rings (SSSR count). The Labute approximate surface area is 177 Å². The molecule has 0 unspecified atom stereocenters. The Balaban J connectivity index is 1.45. The van der Waals surface area contributed by atoms with E-state index in [4.69, 9.17) is 9.47 Å². The lowest BCUT2D eigenvalue weighted by Gasteiger charge is -2.33. The highest BCUT2D eigenvalue weighted by Crippen LogP contribution is 2.29. The van der Waals surface area contributed by atoms with Gasteiger partial charge in [-0.05, 0) is 19.1 Å². The molecule has 29 heavy (non-hydrogen) atoms. The summed E-state index contributed by atoms with van der Waals surface area (Å²) in [5, 5.41) is 12.1. The molecule has 0 bridgehead atoms. The number of carbonyl (C=O) groups excluding carboxylic acids is 2. The van der Waals surface area contributed by atoms with Crippen molar-refractivity contribution in [1.82, 2.24) is 20.0 Å². The van der Waals surface area contributed by atoms with Crippen molar-refractivity contribution >= 4 is 45.9 Å². The Hall–Kier alpha value is -2.53. The number of amides is 2. The number of rotatable bonds is 7. The number of benzene rings is 1. The molecule has 9 nitrogen and oxygen atoms in total. The van der Waals surface area contributed by atoms with Gasteiger partial charge in [0.05, 0.1) is 19.5 Å². The van der Waals surface area contributed by atoms with Crippen LogP contribution in [0.2, 0.25) is 0 Å². The fourth-order valence-electron chi connectivity index (χ4n) is 2.71. The number of piperazine rings is 1. The van der Waals surface area contributed by atoms with Gasteiger partial charge in [0.1, 0.15) is 5.75 Å². The average molecular weight is 438 g/mol. The number of hydrogen-bond donors (Lipinski definition) is 1. The lowest BCUT2D eigenvalue weighted by molar-refractivity contribution is -0.129. The van der Waals surface area contributed by atoms with E-state index in [9.17, 15) is 9.59 Å². The Morgan fingerprint density at radius 2 is 1.97 bits per heavy atom. The van der Waals surface area contributed by atoms with E-state index in [0.29, 0.717) is 42.3 Å². The van der Waals surface area contributed by atoms with Gasteiger partial charge in [-0.15, -0.1) is 10.2 Å². The van der Waals surface area contributed by atoms with E-state index in [1.54, 1.807) is 23.8 Å². The summed E-state index contributed by atoms with van der Waals surface area (Å²) in [5.74, 6) is 1.06. The van der Waals surface area contributed by atoms with Crippen LogP contribution in [0.15, 0.2) is 28.6 Å². The second kappa shape index (κ2) is 10.3. The van der Waals surface area contributed by atoms with Gasteiger partial charge in [-0.25, -0.2) is 4.79 Å². The van der Waals surface area contributed by atoms with Gasteiger partial charge >= 0.3 is 6.09 Å². The van der Waals surface area contributed by atoms with Crippen LogP contribution in [0.4, 0.5) is 15.6 Å². The summed E-state index contributed by atoms with van der Waals surface area (Å²) < 4.78 is 10.9. The van der Waals surface area contributed by atoms with Crippen LogP contribution in [0.5, 0.6) is 5.75 Å². The van der Waals surface area contributed by atoms with Crippen LogP contribution in [0.25, 0.3) is 0 Å². The molecule has 1 aliphatic rings. The molecule has 1 aromatic heterocycles. The normalized spacial score (nSPS) is 13.9. The zero-order valence-corrected chi connectivity index (χ0v) is 17.9. The van der Waals surface area contributed by atoms with Crippen LogP contribution in [-0.2, 0) is 9.53 Å². The minimum Gasteiger partial charge on any atom is -0.497 e. The number of nitrogens with zero attached hydrogens (tertiary/aromatic N) is 4. The summed E-state index contributed by atoms with van der Waals surface area (Å²) in [7, 11) is 1.62. The average Bonchev–Trinajstić information content (AvgIpc) is 3.19. The molecule has 1 saturated heterocycles. The number of carbonyl (C=O) groups is 2. The van der Waals surface area contributed by atoms with Crippen molar-refractivity contribution in [3.05, 3.63) is 24.3 Å². The molecular formula is C18H23N5O4S2. The van der Waals surface area contributed by atoms with Crippen molar-refractivity contribution in [2.24, 2.45) is 0 Å². The van der Waals surface area contributed by atoms with E-state index >= 15 is 0 Å². The molecule has 0 spiro atoms. The number of thioether (sulfide) groups is 1. The van der Waals surface area contributed by atoms with Crippen molar-refractivity contribution in [1.29, 1.82) is 0 Å². The van der Waals surface area contributed by atoms with Gasteiger partial charge in [0, 0.05) is 37.9 Å². The van der Waals surface area contributed by atoms with Crippen LogP contribution in [0.1, 0.15) is 6.92 Å². The second-order valence-electron chi connectivity index (χ2n) is 6.09. The third-order valence-electron chi connectivity index (χ3n) is 4.20. The van der Waals surface area contributed by atoms with E-state index < -0.39 is 0 Å². The molecule has 0 radical (unpaired) electrons. The van der Waals surface area contributed by atoms with Crippen LogP contribution in [0.3, 0.4) is 0 Å². The highest BCUT2D eigenvalue weighted by Gasteiger charge is 2.25. The lowest BCUT2D eigenvalue weighted by Crippen LogP contribution is -2.51. The molecule has 1 aromatic carbocycles. The molecule has 0 aliphatic carbocycles. The first kappa shape index (κ1) is 21.2. The Morgan fingerprint density at radius 1 is 1.21 bits per heavy atom. The molecule has 1 aliphatic heterocycles. The van der Waals surface area contributed by atoms with E-state index in [-0.39, 0.29) is 17.8 Å². The van der Waals surface area contributed by atoms with Crippen molar-refractivity contribution in [3.8, 4) is 5.75 Å². The number of ether oxygens (including phenoxy) is 2. The van der Waals surface area contributed by atoms with E-state index in [1.807, 2.05) is 24.3 Å². The van der Waals surface area contributed by atoms with Gasteiger partial charge in [-0.1, -0.05) is 29.2 Å². The Morgan fingerprint density at radius 3 is 2.69 bits per heavy atom. The molecule has 0 atom stereocenters. The van der Waals surface area contributed by atoms with Gasteiger partial charge < -0.3 is 24.6 Å². The van der Waals surface area contributed by atoms with Gasteiger partial charge in [0.2, 0.25) is 11.0 Å². The largest absolute Gasteiger partial charge is 0.497 e. The van der Waals surface area contributed by atoms with Crippen LogP contribution >= 0.6 is 23.1 Å². The predicted octanol–water partition coefficient (Wildman–Crippen LogP) is 2.68. The predicted molar refractivity (Wildman–Crippen MR) is 112 cm³/mol. The first-order valence-electron chi connectivity index (χ1n) is 9.16. The summed E-state index contributed by atoms with van der Waals surface area (Å²) in [6, 6.07) is 7.53. The molecule has 11 heteroatoms.